The number of carbonyl (C=O) groups excluding carboxylic acids is 1. The van der Waals surface area contributed by atoms with Crippen LogP contribution in [0, 0.1) is 0 Å². The molecule has 0 radical (unpaired) electrons. The molecule has 0 unspecified atom stereocenters. The highest BCUT2D eigenvalue weighted by Gasteiger charge is 2.22. The lowest BCUT2D eigenvalue weighted by atomic mass is 9.98. The summed E-state index contributed by atoms with van der Waals surface area (Å²) >= 11 is 0. The predicted molar refractivity (Wildman–Crippen MR) is 108 cm³/mol. The van der Waals surface area contributed by atoms with Crippen molar-refractivity contribution < 1.29 is 19.0 Å². The number of benzene rings is 3. The highest BCUT2D eigenvalue weighted by Crippen LogP contribution is 2.31. The Morgan fingerprint density at radius 1 is 0.964 bits per heavy atom. The maximum Gasteiger partial charge on any atom is 0.196 e. The van der Waals surface area contributed by atoms with Crippen LogP contribution in [0.3, 0.4) is 0 Å². The van der Waals surface area contributed by atoms with Crippen LogP contribution in [-0.2, 0) is 6.61 Å². The summed E-state index contributed by atoms with van der Waals surface area (Å²) in [5, 5.41) is 0. The van der Waals surface area contributed by atoms with Gasteiger partial charge in [0.1, 0.15) is 19.0 Å². The molecule has 0 saturated heterocycles. The molecule has 0 amide bonds. The summed E-state index contributed by atoms with van der Waals surface area (Å²) < 4.78 is 17.1. The van der Waals surface area contributed by atoms with Crippen molar-refractivity contribution in [2.24, 2.45) is 0 Å². The van der Waals surface area contributed by atoms with E-state index in [0.717, 1.165) is 11.1 Å². The third kappa shape index (κ3) is 3.76. The Balaban J connectivity index is 1.54. The van der Waals surface area contributed by atoms with Crippen LogP contribution >= 0.6 is 0 Å². The van der Waals surface area contributed by atoms with Crippen molar-refractivity contribution in [3.8, 4) is 17.2 Å². The predicted octanol–water partition coefficient (Wildman–Crippen LogP) is 4.93. The third-order valence-electron chi connectivity index (χ3n) is 4.57. The van der Waals surface area contributed by atoms with Gasteiger partial charge in [0, 0.05) is 5.57 Å². The summed E-state index contributed by atoms with van der Waals surface area (Å²) in [5.41, 5.74) is 3.14. The minimum Gasteiger partial charge on any atom is -0.493 e. The number of hydrogen-bond donors (Lipinski definition) is 0. The normalized spacial score (nSPS) is 14.3. The second-order valence-electron chi connectivity index (χ2n) is 6.47. The molecule has 0 N–H and O–H groups in total. The molecule has 0 spiro atoms. The van der Waals surface area contributed by atoms with Crippen LogP contribution in [0.25, 0.3) is 6.08 Å². The van der Waals surface area contributed by atoms with Crippen molar-refractivity contribution in [3.63, 3.8) is 0 Å². The van der Waals surface area contributed by atoms with E-state index < -0.39 is 0 Å². The number of methoxy groups -OCH3 is 1. The lowest BCUT2D eigenvalue weighted by Gasteiger charge is -2.18. The summed E-state index contributed by atoms with van der Waals surface area (Å²) in [5.74, 6) is 1.90. The summed E-state index contributed by atoms with van der Waals surface area (Å²) in [6.45, 7) is 0.713. The van der Waals surface area contributed by atoms with Gasteiger partial charge in [-0.25, -0.2) is 0 Å². The van der Waals surface area contributed by atoms with E-state index in [4.69, 9.17) is 14.2 Å². The molecule has 0 atom stereocenters. The molecule has 0 aromatic heterocycles. The van der Waals surface area contributed by atoms with E-state index in [1.807, 2.05) is 72.8 Å². The van der Waals surface area contributed by atoms with Crippen molar-refractivity contribution in [1.82, 2.24) is 0 Å². The number of hydrogen-bond acceptors (Lipinski definition) is 4. The van der Waals surface area contributed by atoms with E-state index in [0.29, 0.717) is 35.0 Å². The average Bonchev–Trinajstić information content (AvgIpc) is 2.75. The fourth-order valence-corrected chi connectivity index (χ4v) is 3.11. The van der Waals surface area contributed by atoms with Crippen LogP contribution in [-0.4, -0.2) is 19.5 Å². The highest BCUT2D eigenvalue weighted by atomic mass is 16.5. The van der Waals surface area contributed by atoms with E-state index in [-0.39, 0.29) is 12.4 Å². The molecule has 3 aromatic carbocycles. The number of rotatable bonds is 5. The molecule has 1 aliphatic heterocycles. The molecule has 0 bridgehead atoms. The number of ether oxygens (including phenoxy) is 3. The quantitative estimate of drug-likeness (QED) is 0.596. The number of Topliss-reactive ketones (excluding diaryl/α,β-unsaturated/α-hetero) is 1. The summed E-state index contributed by atoms with van der Waals surface area (Å²) in [6.07, 6.45) is 1.84. The van der Waals surface area contributed by atoms with Gasteiger partial charge in [-0.15, -0.1) is 0 Å². The van der Waals surface area contributed by atoms with Crippen molar-refractivity contribution in [1.29, 1.82) is 0 Å². The van der Waals surface area contributed by atoms with Gasteiger partial charge in [-0.2, -0.15) is 0 Å². The van der Waals surface area contributed by atoms with E-state index in [1.165, 1.54) is 0 Å². The van der Waals surface area contributed by atoms with E-state index in [9.17, 15) is 4.79 Å². The molecule has 1 aliphatic rings. The zero-order chi connectivity index (χ0) is 19.3. The first-order chi connectivity index (χ1) is 13.7. The molecule has 0 aliphatic carbocycles. The SMILES string of the molecule is COc1cc(/C=C2/COc3ccccc3C2=O)ccc1OCc1ccccc1. The molecule has 28 heavy (non-hydrogen) atoms. The average molecular weight is 372 g/mol. The van der Waals surface area contributed by atoms with Gasteiger partial charge >= 0.3 is 0 Å². The first-order valence-electron chi connectivity index (χ1n) is 9.06. The molecule has 4 heteroatoms. The van der Waals surface area contributed by atoms with Gasteiger partial charge in [-0.1, -0.05) is 48.5 Å². The van der Waals surface area contributed by atoms with Crippen molar-refractivity contribution >= 4 is 11.9 Å². The molecule has 4 nitrogen and oxygen atoms in total. The molecule has 140 valence electrons. The smallest absolute Gasteiger partial charge is 0.196 e. The summed E-state index contributed by atoms with van der Waals surface area (Å²) in [6, 6.07) is 22.9. The largest absolute Gasteiger partial charge is 0.493 e. The zero-order valence-electron chi connectivity index (χ0n) is 15.6. The Kier molecular flexibility index (Phi) is 5.11. The van der Waals surface area contributed by atoms with Gasteiger partial charge in [0.15, 0.2) is 17.3 Å². The molecular weight excluding hydrogens is 352 g/mol. The number of para-hydroxylation sites is 1. The van der Waals surface area contributed by atoms with Gasteiger partial charge in [-0.3, -0.25) is 4.79 Å². The fraction of sp³-hybridized carbons (Fsp3) is 0.125. The lowest BCUT2D eigenvalue weighted by Crippen LogP contribution is -2.18. The molecular formula is C24H20O4. The van der Waals surface area contributed by atoms with Gasteiger partial charge in [0.2, 0.25) is 0 Å². The topological polar surface area (TPSA) is 44.8 Å². The minimum atomic E-state index is -0.00905. The van der Waals surface area contributed by atoms with Crippen LogP contribution in [0.4, 0.5) is 0 Å². The Morgan fingerprint density at radius 2 is 1.75 bits per heavy atom. The molecule has 0 saturated carbocycles. The number of carbonyl (C=O) groups is 1. The second-order valence-corrected chi connectivity index (χ2v) is 6.47. The standard InChI is InChI=1S/C24H20O4/c1-26-23-14-18(11-12-22(23)27-15-17-7-3-2-4-8-17)13-19-16-28-21-10-6-5-9-20(21)24(19)25/h2-14H,15-16H2,1H3/b19-13-. The van der Waals surface area contributed by atoms with Crippen LogP contribution in [0.15, 0.2) is 78.4 Å². The molecule has 1 heterocycles. The number of fused-ring (bicyclic) bond motifs is 1. The third-order valence-corrected chi connectivity index (χ3v) is 4.57. The molecule has 0 fully saturated rings. The Labute approximate surface area is 164 Å². The Hall–Kier alpha value is -3.53. The maximum absolute atomic E-state index is 12.7. The van der Waals surface area contributed by atoms with Crippen LogP contribution in [0.2, 0.25) is 0 Å². The summed E-state index contributed by atoms with van der Waals surface area (Å²) in [7, 11) is 1.60. The lowest BCUT2D eigenvalue weighted by molar-refractivity contribution is 0.100. The fourth-order valence-electron chi connectivity index (χ4n) is 3.11. The van der Waals surface area contributed by atoms with Crippen LogP contribution in [0.5, 0.6) is 17.2 Å². The monoisotopic (exact) mass is 372 g/mol. The zero-order valence-corrected chi connectivity index (χ0v) is 15.6. The van der Waals surface area contributed by atoms with Crippen molar-refractivity contribution in [2.75, 3.05) is 13.7 Å². The number of ketones is 1. The summed E-state index contributed by atoms with van der Waals surface area (Å²) in [4.78, 5) is 12.7. The van der Waals surface area contributed by atoms with Crippen molar-refractivity contribution in [3.05, 3.63) is 95.1 Å². The van der Waals surface area contributed by atoms with Crippen LogP contribution < -0.4 is 14.2 Å². The molecule has 4 rings (SSSR count). The highest BCUT2D eigenvalue weighted by molar-refractivity contribution is 6.14. The van der Waals surface area contributed by atoms with Gasteiger partial charge in [0.05, 0.1) is 12.7 Å². The first kappa shape index (κ1) is 17.9. The van der Waals surface area contributed by atoms with Crippen molar-refractivity contribution in [2.45, 2.75) is 6.61 Å². The second kappa shape index (κ2) is 8.01. The van der Waals surface area contributed by atoms with Gasteiger partial charge < -0.3 is 14.2 Å². The first-order valence-corrected chi connectivity index (χ1v) is 9.06. The van der Waals surface area contributed by atoms with Gasteiger partial charge in [-0.05, 0) is 41.5 Å². The van der Waals surface area contributed by atoms with Crippen LogP contribution in [0.1, 0.15) is 21.5 Å². The maximum atomic E-state index is 12.7. The Bertz CT molecular complexity index is 1020. The van der Waals surface area contributed by atoms with Gasteiger partial charge in [0.25, 0.3) is 0 Å². The van der Waals surface area contributed by atoms with E-state index in [2.05, 4.69) is 0 Å². The van der Waals surface area contributed by atoms with E-state index in [1.54, 1.807) is 13.2 Å². The molecule has 3 aromatic rings. The minimum absolute atomic E-state index is 0.00905. The van der Waals surface area contributed by atoms with E-state index >= 15 is 0 Å². The Morgan fingerprint density at radius 3 is 2.57 bits per heavy atom.